The summed E-state index contributed by atoms with van der Waals surface area (Å²) in [6, 6.07) is 6.90. The minimum Gasteiger partial charge on any atom is -0.385 e. The first kappa shape index (κ1) is 14.2. The number of nitrogens with two attached hydrogens (primary N) is 1. The van der Waals surface area contributed by atoms with E-state index in [4.69, 9.17) is 10.5 Å². The minimum atomic E-state index is -0.592. The molecule has 3 N–H and O–H groups in total. The molecule has 2 aromatic rings. The summed E-state index contributed by atoms with van der Waals surface area (Å²) in [5.41, 5.74) is 7.35. The van der Waals surface area contributed by atoms with Crippen LogP contribution in [0.2, 0.25) is 0 Å². The Labute approximate surface area is 117 Å². The van der Waals surface area contributed by atoms with Crippen molar-refractivity contribution < 1.29 is 9.53 Å². The number of imidazole rings is 1. The Morgan fingerprint density at radius 1 is 1.50 bits per heavy atom. The predicted octanol–water partition coefficient (Wildman–Crippen LogP) is 1.17. The van der Waals surface area contributed by atoms with Crippen LogP contribution in [-0.2, 0) is 9.53 Å². The van der Waals surface area contributed by atoms with Gasteiger partial charge in [-0.25, -0.2) is 4.98 Å². The largest absolute Gasteiger partial charge is 0.385 e. The number of nitrogens with zero attached hydrogens (tertiary/aromatic N) is 2. The molecule has 1 unspecified atom stereocenters. The monoisotopic (exact) mass is 274 g/mol. The van der Waals surface area contributed by atoms with E-state index in [1.54, 1.807) is 19.6 Å². The van der Waals surface area contributed by atoms with Gasteiger partial charge in [0, 0.05) is 26.1 Å². The lowest BCUT2D eigenvalue weighted by Crippen LogP contribution is -2.36. The number of amides is 1. The van der Waals surface area contributed by atoms with Gasteiger partial charge in [-0.05, 0) is 18.6 Å². The summed E-state index contributed by atoms with van der Waals surface area (Å²) >= 11 is 0. The number of benzene rings is 1. The molecule has 0 spiro atoms. The number of nitrogens with one attached hydrogen (secondary N) is 1. The van der Waals surface area contributed by atoms with Crippen LogP contribution in [0.25, 0.3) is 5.69 Å². The number of carbonyl (C=O) groups excluding carboxylic acids is 1. The van der Waals surface area contributed by atoms with E-state index in [9.17, 15) is 4.79 Å². The number of ether oxygens (including phenoxy) is 1. The summed E-state index contributed by atoms with van der Waals surface area (Å²) in [6.45, 7) is 0.456. The molecule has 6 nitrogen and oxygen atoms in total. The van der Waals surface area contributed by atoms with Crippen molar-refractivity contribution in [3.8, 4) is 5.69 Å². The third kappa shape index (κ3) is 3.43. The molecule has 20 heavy (non-hydrogen) atoms. The van der Waals surface area contributed by atoms with Crippen molar-refractivity contribution in [1.82, 2.24) is 9.55 Å². The zero-order valence-corrected chi connectivity index (χ0v) is 11.3. The molecule has 0 aliphatic rings. The predicted molar refractivity (Wildman–Crippen MR) is 76.7 cm³/mol. The summed E-state index contributed by atoms with van der Waals surface area (Å²) < 4.78 is 6.75. The van der Waals surface area contributed by atoms with Crippen LogP contribution in [-0.4, -0.2) is 35.2 Å². The van der Waals surface area contributed by atoms with E-state index < -0.39 is 6.04 Å². The van der Waals surface area contributed by atoms with Gasteiger partial charge in [-0.15, -0.1) is 0 Å². The number of para-hydroxylation sites is 2. The van der Waals surface area contributed by atoms with E-state index in [2.05, 4.69) is 10.3 Å². The van der Waals surface area contributed by atoms with Gasteiger partial charge in [0.15, 0.2) is 0 Å². The molecule has 0 aliphatic heterocycles. The summed E-state index contributed by atoms with van der Waals surface area (Å²) in [7, 11) is 1.58. The third-order valence-corrected chi connectivity index (χ3v) is 2.91. The number of anilines is 1. The standard InChI is InChI=1S/C14H18N4O2/c1-20-9-6-11(15)14(19)17-12-4-2-3-5-13(12)18-8-7-16-10-18/h2-5,7-8,10-11H,6,9,15H2,1H3,(H,17,19). The summed E-state index contributed by atoms with van der Waals surface area (Å²) in [4.78, 5) is 16.0. The van der Waals surface area contributed by atoms with Crippen molar-refractivity contribution in [3.63, 3.8) is 0 Å². The molecule has 1 atom stereocenters. The quantitative estimate of drug-likeness (QED) is 0.828. The Morgan fingerprint density at radius 2 is 2.30 bits per heavy atom. The van der Waals surface area contributed by atoms with Crippen molar-refractivity contribution in [2.45, 2.75) is 12.5 Å². The molecule has 0 radical (unpaired) electrons. The normalized spacial score (nSPS) is 12.1. The second kappa shape index (κ2) is 6.83. The molecular formula is C14H18N4O2. The molecule has 1 aromatic heterocycles. The van der Waals surface area contributed by atoms with Crippen LogP contribution in [0.1, 0.15) is 6.42 Å². The number of methoxy groups -OCH3 is 1. The smallest absolute Gasteiger partial charge is 0.241 e. The van der Waals surface area contributed by atoms with E-state index in [0.717, 1.165) is 5.69 Å². The van der Waals surface area contributed by atoms with Gasteiger partial charge in [0.2, 0.25) is 5.91 Å². The molecule has 0 saturated carbocycles. The van der Waals surface area contributed by atoms with Crippen LogP contribution < -0.4 is 11.1 Å². The maximum absolute atomic E-state index is 12.0. The molecule has 0 fully saturated rings. The Kier molecular flexibility index (Phi) is 4.86. The number of hydrogen-bond acceptors (Lipinski definition) is 4. The SMILES string of the molecule is COCCC(N)C(=O)Nc1ccccc1-n1ccnc1. The van der Waals surface area contributed by atoms with E-state index in [1.165, 1.54) is 0 Å². The Hall–Kier alpha value is -2.18. The first-order valence-corrected chi connectivity index (χ1v) is 6.35. The van der Waals surface area contributed by atoms with Crippen LogP contribution in [0.15, 0.2) is 43.0 Å². The average molecular weight is 274 g/mol. The summed E-state index contributed by atoms with van der Waals surface area (Å²) in [5.74, 6) is -0.227. The van der Waals surface area contributed by atoms with Gasteiger partial charge in [0.1, 0.15) is 0 Å². The molecule has 6 heteroatoms. The Bertz CT molecular complexity index is 554. The number of hydrogen-bond donors (Lipinski definition) is 2. The van der Waals surface area contributed by atoms with E-state index in [1.807, 2.05) is 35.0 Å². The molecule has 0 saturated heterocycles. The molecule has 106 valence electrons. The van der Waals surface area contributed by atoms with Gasteiger partial charge in [0.25, 0.3) is 0 Å². The minimum absolute atomic E-state index is 0.227. The van der Waals surface area contributed by atoms with Crippen LogP contribution in [0, 0.1) is 0 Å². The lowest BCUT2D eigenvalue weighted by molar-refractivity contribution is -0.117. The lowest BCUT2D eigenvalue weighted by Gasteiger charge is -2.15. The van der Waals surface area contributed by atoms with Gasteiger partial charge in [-0.3, -0.25) is 4.79 Å². The summed E-state index contributed by atoms with van der Waals surface area (Å²) in [6.07, 6.45) is 5.66. The van der Waals surface area contributed by atoms with Crippen molar-refractivity contribution >= 4 is 11.6 Å². The van der Waals surface area contributed by atoms with Gasteiger partial charge in [0.05, 0.1) is 23.7 Å². The molecular weight excluding hydrogens is 256 g/mol. The molecule has 1 amide bonds. The van der Waals surface area contributed by atoms with Crippen LogP contribution in [0.4, 0.5) is 5.69 Å². The van der Waals surface area contributed by atoms with Crippen LogP contribution in [0.3, 0.4) is 0 Å². The van der Waals surface area contributed by atoms with Crippen molar-refractivity contribution in [2.24, 2.45) is 5.73 Å². The molecule has 1 heterocycles. The Morgan fingerprint density at radius 3 is 3.00 bits per heavy atom. The lowest BCUT2D eigenvalue weighted by atomic mass is 10.2. The number of carbonyl (C=O) groups is 1. The van der Waals surface area contributed by atoms with Crippen LogP contribution >= 0.6 is 0 Å². The highest BCUT2D eigenvalue weighted by Crippen LogP contribution is 2.19. The fourth-order valence-corrected chi connectivity index (χ4v) is 1.81. The van der Waals surface area contributed by atoms with Gasteiger partial charge < -0.3 is 20.4 Å². The average Bonchev–Trinajstić information content (AvgIpc) is 2.99. The first-order chi connectivity index (χ1) is 9.72. The topological polar surface area (TPSA) is 82.2 Å². The molecule has 0 aliphatic carbocycles. The highest BCUT2D eigenvalue weighted by molar-refractivity contribution is 5.96. The zero-order chi connectivity index (χ0) is 14.4. The molecule has 1 aromatic carbocycles. The maximum atomic E-state index is 12.0. The number of aromatic nitrogens is 2. The molecule has 2 rings (SSSR count). The maximum Gasteiger partial charge on any atom is 0.241 e. The second-order valence-corrected chi connectivity index (χ2v) is 4.36. The van der Waals surface area contributed by atoms with Crippen molar-refractivity contribution in [2.75, 3.05) is 19.0 Å². The van der Waals surface area contributed by atoms with Gasteiger partial charge >= 0.3 is 0 Å². The zero-order valence-electron chi connectivity index (χ0n) is 11.3. The Balaban J connectivity index is 2.12. The van der Waals surface area contributed by atoms with Crippen molar-refractivity contribution in [1.29, 1.82) is 0 Å². The van der Waals surface area contributed by atoms with Crippen LogP contribution in [0.5, 0.6) is 0 Å². The summed E-state index contributed by atoms with van der Waals surface area (Å²) in [5, 5.41) is 2.84. The highest BCUT2D eigenvalue weighted by Gasteiger charge is 2.15. The van der Waals surface area contributed by atoms with Crippen molar-refractivity contribution in [3.05, 3.63) is 43.0 Å². The fourth-order valence-electron chi connectivity index (χ4n) is 1.81. The fraction of sp³-hybridized carbons (Fsp3) is 0.286. The molecule has 0 bridgehead atoms. The first-order valence-electron chi connectivity index (χ1n) is 6.35. The van der Waals surface area contributed by atoms with E-state index in [-0.39, 0.29) is 5.91 Å². The van der Waals surface area contributed by atoms with Gasteiger partial charge in [-0.2, -0.15) is 0 Å². The van der Waals surface area contributed by atoms with E-state index in [0.29, 0.717) is 18.7 Å². The third-order valence-electron chi connectivity index (χ3n) is 2.91. The number of rotatable bonds is 6. The van der Waals surface area contributed by atoms with E-state index >= 15 is 0 Å². The second-order valence-electron chi connectivity index (χ2n) is 4.36. The van der Waals surface area contributed by atoms with Gasteiger partial charge in [-0.1, -0.05) is 12.1 Å². The highest BCUT2D eigenvalue weighted by atomic mass is 16.5.